The van der Waals surface area contributed by atoms with Gasteiger partial charge in [0.25, 0.3) is 0 Å². The highest BCUT2D eigenvalue weighted by Crippen LogP contribution is 2.29. The maximum Gasteiger partial charge on any atom is 0.135 e. The Morgan fingerprint density at radius 3 is 2.63 bits per heavy atom. The van der Waals surface area contributed by atoms with Crippen LogP contribution < -0.4 is 5.73 Å². The average Bonchev–Trinajstić information content (AvgIpc) is 2.37. The zero-order chi connectivity index (χ0) is 13.8. The van der Waals surface area contributed by atoms with Crippen molar-refractivity contribution in [3.8, 4) is 0 Å². The van der Waals surface area contributed by atoms with Crippen LogP contribution in [-0.4, -0.2) is 5.84 Å². The smallest absolute Gasteiger partial charge is 0.135 e. The van der Waals surface area contributed by atoms with Crippen LogP contribution in [0.1, 0.15) is 11.1 Å². The molecule has 0 aliphatic carbocycles. The third-order valence-electron chi connectivity index (χ3n) is 2.59. The van der Waals surface area contributed by atoms with Crippen LogP contribution in [0.3, 0.4) is 0 Å². The standard InChI is InChI=1S/C14H12ClFN2S/c15-10-5-2-1-4-9(10)8-19-12-7-3-6-11(16)13(12)14(17)18/h1-7H,8H2,(H3,17,18). The quantitative estimate of drug-likeness (QED) is 0.507. The van der Waals surface area contributed by atoms with Crippen LogP contribution in [-0.2, 0) is 5.75 Å². The van der Waals surface area contributed by atoms with E-state index < -0.39 is 5.82 Å². The van der Waals surface area contributed by atoms with Crippen molar-refractivity contribution < 1.29 is 4.39 Å². The van der Waals surface area contributed by atoms with E-state index in [2.05, 4.69) is 0 Å². The first-order chi connectivity index (χ1) is 9.09. The molecule has 0 amide bonds. The van der Waals surface area contributed by atoms with Gasteiger partial charge in [-0.05, 0) is 23.8 Å². The molecule has 19 heavy (non-hydrogen) atoms. The number of nitrogen functional groups attached to an aromatic ring is 1. The summed E-state index contributed by atoms with van der Waals surface area (Å²) in [5.41, 5.74) is 6.54. The molecule has 0 saturated carbocycles. The van der Waals surface area contributed by atoms with Crippen LogP contribution in [0, 0.1) is 11.2 Å². The van der Waals surface area contributed by atoms with Crippen LogP contribution in [0.4, 0.5) is 4.39 Å². The lowest BCUT2D eigenvalue weighted by Crippen LogP contribution is -2.14. The Morgan fingerprint density at radius 2 is 1.95 bits per heavy atom. The fourth-order valence-corrected chi connectivity index (χ4v) is 3.03. The van der Waals surface area contributed by atoms with Crippen LogP contribution >= 0.6 is 23.4 Å². The summed E-state index contributed by atoms with van der Waals surface area (Å²) < 4.78 is 13.6. The summed E-state index contributed by atoms with van der Waals surface area (Å²) >= 11 is 7.48. The molecule has 0 aliphatic heterocycles. The number of hydrogen-bond acceptors (Lipinski definition) is 2. The topological polar surface area (TPSA) is 49.9 Å². The first-order valence-corrected chi connectivity index (χ1v) is 6.95. The second-order valence-electron chi connectivity index (χ2n) is 3.91. The van der Waals surface area contributed by atoms with Gasteiger partial charge in [0.1, 0.15) is 11.7 Å². The number of benzene rings is 2. The second-order valence-corrected chi connectivity index (χ2v) is 5.33. The zero-order valence-electron chi connectivity index (χ0n) is 9.99. The van der Waals surface area contributed by atoms with Gasteiger partial charge in [0.15, 0.2) is 0 Å². The van der Waals surface area contributed by atoms with E-state index in [9.17, 15) is 4.39 Å². The van der Waals surface area contributed by atoms with Crippen molar-refractivity contribution in [1.29, 1.82) is 5.41 Å². The normalized spacial score (nSPS) is 10.4. The highest BCUT2D eigenvalue weighted by atomic mass is 35.5. The molecule has 0 bridgehead atoms. The van der Waals surface area contributed by atoms with Crippen molar-refractivity contribution >= 4 is 29.2 Å². The number of halogens is 2. The molecular weight excluding hydrogens is 283 g/mol. The summed E-state index contributed by atoms with van der Waals surface area (Å²) in [5, 5.41) is 8.12. The third kappa shape index (κ3) is 3.28. The molecule has 2 aromatic carbocycles. The Hall–Kier alpha value is -1.52. The summed E-state index contributed by atoms with van der Waals surface area (Å²) in [7, 11) is 0. The molecule has 2 aromatic rings. The van der Waals surface area contributed by atoms with E-state index in [-0.39, 0.29) is 11.4 Å². The number of rotatable bonds is 4. The largest absolute Gasteiger partial charge is 0.384 e. The maximum absolute atomic E-state index is 13.6. The Bertz CT molecular complexity index is 616. The van der Waals surface area contributed by atoms with Gasteiger partial charge in [-0.25, -0.2) is 4.39 Å². The molecule has 2 rings (SSSR count). The van der Waals surface area contributed by atoms with Crippen molar-refractivity contribution in [2.75, 3.05) is 0 Å². The summed E-state index contributed by atoms with van der Waals surface area (Å²) in [6, 6.07) is 12.2. The highest BCUT2D eigenvalue weighted by molar-refractivity contribution is 7.98. The molecule has 0 saturated heterocycles. The van der Waals surface area contributed by atoms with Gasteiger partial charge in [0.2, 0.25) is 0 Å². The van der Waals surface area contributed by atoms with E-state index in [4.69, 9.17) is 22.7 Å². The summed E-state index contributed by atoms with van der Waals surface area (Å²) in [6.45, 7) is 0. The van der Waals surface area contributed by atoms with E-state index in [0.29, 0.717) is 15.7 Å². The molecule has 0 atom stereocenters. The lowest BCUT2D eigenvalue weighted by atomic mass is 10.2. The minimum Gasteiger partial charge on any atom is -0.384 e. The predicted octanol–water partition coefficient (Wildman–Crippen LogP) is 4.06. The molecule has 0 fully saturated rings. The van der Waals surface area contributed by atoms with Gasteiger partial charge in [0, 0.05) is 15.7 Å². The van der Waals surface area contributed by atoms with Crippen LogP contribution in [0.2, 0.25) is 5.02 Å². The number of amidine groups is 1. The van der Waals surface area contributed by atoms with Crippen molar-refractivity contribution in [3.63, 3.8) is 0 Å². The van der Waals surface area contributed by atoms with Gasteiger partial charge < -0.3 is 5.73 Å². The Morgan fingerprint density at radius 1 is 1.21 bits per heavy atom. The van der Waals surface area contributed by atoms with Crippen LogP contribution in [0.5, 0.6) is 0 Å². The van der Waals surface area contributed by atoms with Gasteiger partial charge in [-0.15, -0.1) is 11.8 Å². The molecule has 0 aromatic heterocycles. The molecular formula is C14H12ClFN2S. The monoisotopic (exact) mass is 294 g/mol. The number of nitrogens with two attached hydrogens (primary N) is 1. The predicted molar refractivity (Wildman–Crippen MR) is 78.4 cm³/mol. The van der Waals surface area contributed by atoms with Crippen molar-refractivity contribution in [2.24, 2.45) is 5.73 Å². The van der Waals surface area contributed by atoms with Gasteiger partial charge in [0.05, 0.1) is 5.56 Å². The van der Waals surface area contributed by atoms with Gasteiger partial charge in [-0.2, -0.15) is 0 Å². The fourth-order valence-electron chi connectivity index (χ4n) is 1.66. The lowest BCUT2D eigenvalue weighted by Gasteiger charge is -2.09. The first kappa shape index (κ1) is 13.9. The zero-order valence-corrected chi connectivity index (χ0v) is 11.6. The second kappa shape index (κ2) is 6.08. The average molecular weight is 295 g/mol. The SMILES string of the molecule is N=C(N)c1c(F)cccc1SCc1ccccc1Cl. The minimum absolute atomic E-state index is 0.152. The molecule has 5 heteroatoms. The maximum atomic E-state index is 13.6. The number of nitrogens with one attached hydrogen (secondary N) is 1. The third-order valence-corrected chi connectivity index (χ3v) is 4.06. The number of thioether (sulfide) groups is 1. The summed E-state index contributed by atoms with van der Waals surface area (Å²) in [5.74, 6) is -0.139. The lowest BCUT2D eigenvalue weighted by molar-refractivity contribution is 0.621. The van der Waals surface area contributed by atoms with E-state index in [1.807, 2.05) is 24.3 Å². The van der Waals surface area contributed by atoms with Gasteiger partial charge >= 0.3 is 0 Å². The first-order valence-electron chi connectivity index (χ1n) is 5.58. The molecule has 0 radical (unpaired) electrons. The Kier molecular flexibility index (Phi) is 4.45. The van der Waals surface area contributed by atoms with Crippen molar-refractivity contribution in [3.05, 3.63) is 64.4 Å². The highest BCUT2D eigenvalue weighted by Gasteiger charge is 2.12. The van der Waals surface area contributed by atoms with E-state index in [1.54, 1.807) is 12.1 Å². The molecule has 0 aliphatic rings. The molecule has 0 spiro atoms. The van der Waals surface area contributed by atoms with E-state index in [1.165, 1.54) is 17.8 Å². The molecule has 0 unspecified atom stereocenters. The summed E-state index contributed by atoms with van der Waals surface area (Å²) in [6.07, 6.45) is 0. The van der Waals surface area contributed by atoms with Crippen molar-refractivity contribution in [1.82, 2.24) is 0 Å². The number of hydrogen-bond donors (Lipinski definition) is 2. The fraction of sp³-hybridized carbons (Fsp3) is 0.0714. The van der Waals surface area contributed by atoms with Gasteiger partial charge in [-0.3, -0.25) is 5.41 Å². The van der Waals surface area contributed by atoms with E-state index in [0.717, 1.165) is 5.56 Å². The van der Waals surface area contributed by atoms with Gasteiger partial charge in [-0.1, -0.05) is 35.9 Å². The van der Waals surface area contributed by atoms with Crippen LogP contribution in [0.15, 0.2) is 47.4 Å². The molecule has 2 nitrogen and oxygen atoms in total. The van der Waals surface area contributed by atoms with Crippen LogP contribution in [0.25, 0.3) is 0 Å². The minimum atomic E-state index is -0.475. The van der Waals surface area contributed by atoms with E-state index >= 15 is 0 Å². The van der Waals surface area contributed by atoms with Crippen molar-refractivity contribution in [2.45, 2.75) is 10.6 Å². The summed E-state index contributed by atoms with van der Waals surface area (Å²) in [4.78, 5) is 0.646. The Balaban J connectivity index is 2.23. The molecule has 0 heterocycles. The molecule has 98 valence electrons. The Labute approximate surface area is 120 Å². The molecule has 3 N–H and O–H groups in total.